The second kappa shape index (κ2) is 7.05. The zero-order chi connectivity index (χ0) is 13.4. The molecular weight excluding hydrogens is 230 g/mol. The number of carbonyl (C=O) groups is 3. The van der Waals surface area contributed by atoms with Gasteiger partial charge in [-0.2, -0.15) is 5.26 Å². The number of rotatable bonds is 6. The number of amides is 2. The van der Waals surface area contributed by atoms with Crippen LogP contribution in [-0.4, -0.2) is 64.7 Å². The first kappa shape index (κ1) is 14.7. The molecule has 0 fully saturated rings. The van der Waals surface area contributed by atoms with Gasteiger partial charge in [-0.3, -0.25) is 9.59 Å². The third kappa shape index (κ3) is 5.99. The van der Waals surface area contributed by atoms with Gasteiger partial charge >= 0.3 is 18.0 Å². The van der Waals surface area contributed by atoms with E-state index in [0.29, 0.717) is 4.90 Å². The van der Waals surface area contributed by atoms with Gasteiger partial charge in [0, 0.05) is 13.6 Å². The maximum absolute atomic E-state index is 11.6. The Morgan fingerprint density at radius 1 is 1.18 bits per heavy atom. The number of urea groups is 1. The molecule has 0 heterocycles. The van der Waals surface area contributed by atoms with Crippen LogP contribution < -0.4 is 0 Å². The van der Waals surface area contributed by atoms with Crippen LogP contribution in [0.5, 0.6) is 0 Å². The third-order valence-electron chi connectivity index (χ3n) is 1.81. The summed E-state index contributed by atoms with van der Waals surface area (Å²) in [5.74, 6) is -2.60. The highest BCUT2D eigenvalue weighted by Gasteiger charge is 2.22. The molecule has 94 valence electrons. The van der Waals surface area contributed by atoms with Crippen molar-refractivity contribution in [1.29, 1.82) is 5.26 Å². The Morgan fingerprint density at radius 2 is 1.65 bits per heavy atom. The van der Waals surface area contributed by atoms with Crippen molar-refractivity contribution in [1.82, 2.24) is 9.80 Å². The van der Waals surface area contributed by atoms with Crippen molar-refractivity contribution in [3.8, 4) is 6.07 Å². The van der Waals surface area contributed by atoms with Crippen LogP contribution in [0.25, 0.3) is 0 Å². The predicted octanol–water partition coefficient (Wildman–Crippen LogP) is -0.577. The van der Waals surface area contributed by atoms with Crippen LogP contribution in [0.4, 0.5) is 4.79 Å². The minimum Gasteiger partial charge on any atom is -0.480 e. The van der Waals surface area contributed by atoms with E-state index in [-0.39, 0.29) is 13.0 Å². The average Bonchev–Trinajstić information content (AvgIpc) is 2.22. The van der Waals surface area contributed by atoms with Crippen molar-refractivity contribution in [2.75, 3.05) is 26.7 Å². The molecule has 0 atom stereocenters. The molecule has 0 aromatic rings. The normalized spacial score (nSPS) is 9.18. The highest BCUT2D eigenvalue weighted by Crippen LogP contribution is 1.98. The van der Waals surface area contributed by atoms with Crippen LogP contribution in [0.15, 0.2) is 0 Å². The SMILES string of the molecule is CN(CCC#N)C(=O)N(CC(=O)O)CC(=O)O. The summed E-state index contributed by atoms with van der Waals surface area (Å²) in [4.78, 5) is 34.4. The molecule has 0 bridgehead atoms. The van der Waals surface area contributed by atoms with E-state index in [4.69, 9.17) is 15.5 Å². The van der Waals surface area contributed by atoms with Crippen molar-refractivity contribution in [3.05, 3.63) is 0 Å². The Hall–Kier alpha value is -2.30. The fourth-order valence-electron chi connectivity index (χ4n) is 1.07. The highest BCUT2D eigenvalue weighted by atomic mass is 16.4. The van der Waals surface area contributed by atoms with Gasteiger partial charge in [0.05, 0.1) is 12.5 Å². The smallest absolute Gasteiger partial charge is 0.323 e. The Kier molecular flexibility index (Phi) is 6.10. The van der Waals surface area contributed by atoms with Crippen LogP contribution in [0.3, 0.4) is 0 Å². The molecule has 17 heavy (non-hydrogen) atoms. The topological polar surface area (TPSA) is 122 Å². The molecule has 0 radical (unpaired) electrons. The molecule has 2 N–H and O–H groups in total. The molecule has 0 aliphatic rings. The van der Waals surface area contributed by atoms with Gasteiger partial charge in [0.1, 0.15) is 13.1 Å². The first-order valence-corrected chi connectivity index (χ1v) is 4.69. The summed E-state index contributed by atoms with van der Waals surface area (Å²) < 4.78 is 0. The number of hydrogen-bond donors (Lipinski definition) is 2. The van der Waals surface area contributed by atoms with Gasteiger partial charge in [0.2, 0.25) is 0 Å². The Morgan fingerprint density at radius 3 is 2.00 bits per heavy atom. The molecule has 0 saturated carbocycles. The Balaban J connectivity index is 4.56. The number of nitriles is 1. The van der Waals surface area contributed by atoms with Gasteiger partial charge in [0.15, 0.2) is 0 Å². The van der Waals surface area contributed by atoms with Gasteiger partial charge in [-0.1, -0.05) is 0 Å². The molecule has 8 nitrogen and oxygen atoms in total. The van der Waals surface area contributed by atoms with E-state index in [1.807, 2.05) is 6.07 Å². The monoisotopic (exact) mass is 243 g/mol. The van der Waals surface area contributed by atoms with Gasteiger partial charge < -0.3 is 20.0 Å². The predicted molar refractivity (Wildman–Crippen MR) is 55.1 cm³/mol. The van der Waals surface area contributed by atoms with Gasteiger partial charge in [-0.15, -0.1) is 0 Å². The van der Waals surface area contributed by atoms with Crippen LogP contribution in [0.2, 0.25) is 0 Å². The van der Waals surface area contributed by atoms with E-state index in [2.05, 4.69) is 0 Å². The van der Waals surface area contributed by atoms with Crippen molar-refractivity contribution in [3.63, 3.8) is 0 Å². The first-order valence-electron chi connectivity index (χ1n) is 4.69. The van der Waals surface area contributed by atoms with Crippen molar-refractivity contribution in [2.24, 2.45) is 0 Å². The summed E-state index contributed by atoms with van der Waals surface area (Å²) >= 11 is 0. The van der Waals surface area contributed by atoms with E-state index in [1.54, 1.807) is 0 Å². The molecule has 0 saturated heterocycles. The van der Waals surface area contributed by atoms with Crippen LogP contribution in [0.1, 0.15) is 6.42 Å². The second-order valence-corrected chi connectivity index (χ2v) is 3.26. The van der Waals surface area contributed by atoms with E-state index >= 15 is 0 Å². The zero-order valence-electron chi connectivity index (χ0n) is 9.29. The fraction of sp³-hybridized carbons (Fsp3) is 0.556. The second-order valence-electron chi connectivity index (χ2n) is 3.26. The molecule has 0 aliphatic heterocycles. The number of carboxylic acid groups (broad SMARTS) is 2. The molecule has 8 heteroatoms. The lowest BCUT2D eigenvalue weighted by Gasteiger charge is -2.24. The Bertz CT molecular complexity index is 333. The molecule has 0 aromatic carbocycles. The van der Waals surface area contributed by atoms with Crippen molar-refractivity contribution in [2.45, 2.75) is 6.42 Å². The number of hydrogen-bond acceptors (Lipinski definition) is 4. The summed E-state index contributed by atoms with van der Waals surface area (Å²) in [6.07, 6.45) is 0.0935. The summed E-state index contributed by atoms with van der Waals surface area (Å²) in [6.45, 7) is -1.27. The minimum atomic E-state index is -1.30. The van der Waals surface area contributed by atoms with E-state index < -0.39 is 31.1 Å². The molecular formula is C9H13N3O5. The number of nitrogens with zero attached hydrogens (tertiary/aromatic N) is 3. The lowest BCUT2D eigenvalue weighted by Crippen LogP contribution is -2.46. The molecule has 0 rings (SSSR count). The number of carbonyl (C=O) groups excluding carboxylic acids is 1. The lowest BCUT2D eigenvalue weighted by molar-refractivity contribution is -0.140. The zero-order valence-corrected chi connectivity index (χ0v) is 9.29. The van der Waals surface area contributed by atoms with Crippen LogP contribution in [-0.2, 0) is 9.59 Å². The van der Waals surface area contributed by atoms with Gasteiger partial charge in [0.25, 0.3) is 0 Å². The lowest BCUT2D eigenvalue weighted by atomic mass is 10.4. The van der Waals surface area contributed by atoms with Gasteiger partial charge in [-0.05, 0) is 0 Å². The number of aliphatic carboxylic acids is 2. The maximum Gasteiger partial charge on any atom is 0.323 e. The number of carboxylic acids is 2. The highest BCUT2D eigenvalue weighted by molar-refractivity contribution is 5.84. The standard InChI is InChI=1S/C9H13N3O5/c1-11(4-2-3-10)9(17)12(5-7(13)14)6-8(15)16/h2,4-6H2,1H3,(H,13,14)(H,15,16). The summed E-state index contributed by atoms with van der Waals surface area (Å²) in [5.41, 5.74) is 0. The third-order valence-corrected chi connectivity index (χ3v) is 1.81. The van der Waals surface area contributed by atoms with Gasteiger partial charge in [-0.25, -0.2) is 4.79 Å². The average molecular weight is 243 g/mol. The summed E-state index contributed by atoms with van der Waals surface area (Å²) in [5, 5.41) is 25.4. The summed E-state index contributed by atoms with van der Waals surface area (Å²) in [6, 6.07) is 1.10. The molecule has 0 aliphatic carbocycles. The largest absolute Gasteiger partial charge is 0.480 e. The van der Waals surface area contributed by atoms with E-state index in [0.717, 1.165) is 4.90 Å². The molecule has 0 unspecified atom stereocenters. The van der Waals surface area contributed by atoms with E-state index in [9.17, 15) is 14.4 Å². The quantitative estimate of drug-likeness (QED) is 0.643. The minimum absolute atomic E-state index is 0.0935. The molecule has 0 spiro atoms. The van der Waals surface area contributed by atoms with Crippen molar-refractivity contribution >= 4 is 18.0 Å². The first-order chi connectivity index (χ1) is 7.88. The van der Waals surface area contributed by atoms with Crippen LogP contribution in [0, 0.1) is 11.3 Å². The van der Waals surface area contributed by atoms with Crippen LogP contribution >= 0.6 is 0 Å². The van der Waals surface area contributed by atoms with E-state index in [1.165, 1.54) is 7.05 Å². The molecule has 2 amide bonds. The van der Waals surface area contributed by atoms with Crippen molar-refractivity contribution < 1.29 is 24.6 Å². The summed E-state index contributed by atoms with van der Waals surface area (Å²) in [7, 11) is 1.37. The Labute approximate surface area is 97.6 Å². The maximum atomic E-state index is 11.6. The fourth-order valence-corrected chi connectivity index (χ4v) is 1.07. The molecule has 0 aromatic heterocycles.